The fourth-order valence-corrected chi connectivity index (χ4v) is 5.72. The van der Waals surface area contributed by atoms with E-state index in [0.29, 0.717) is 55.0 Å². The number of carbonyl (C=O) groups excluding carboxylic acids is 4. The molecule has 0 saturated carbocycles. The summed E-state index contributed by atoms with van der Waals surface area (Å²) >= 11 is 0. The number of carbonyl (C=O) groups is 4. The lowest BCUT2D eigenvalue weighted by molar-refractivity contribution is -0.00582. The first kappa shape index (κ1) is 23.2. The third-order valence-corrected chi connectivity index (χ3v) is 7.61. The summed E-state index contributed by atoms with van der Waals surface area (Å²) in [7, 11) is 0. The Morgan fingerprint density at radius 1 is 0.973 bits per heavy atom. The Kier molecular flexibility index (Phi) is 5.29. The van der Waals surface area contributed by atoms with Crippen LogP contribution in [0.1, 0.15) is 77.6 Å². The van der Waals surface area contributed by atoms with E-state index in [1.54, 1.807) is 29.2 Å². The molecular weight excluding hydrogens is 472 g/mol. The van der Waals surface area contributed by atoms with E-state index >= 15 is 0 Å². The second kappa shape index (κ2) is 8.44. The molecule has 1 aromatic heterocycles. The Morgan fingerprint density at radius 3 is 2.46 bits per heavy atom. The number of ketones is 1. The minimum Gasteiger partial charge on any atom is -0.486 e. The summed E-state index contributed by atoms with van der Waals surface area (Å²) in [6, 6.07) is 11.9. The summed E-state index contributed by atoms with van der Waals surface area (Å²) in [5.41, 5.74) is 2.87. The summed E-state index contributed by atoms with van der Waals surface area (Å²) in [4.78, 5) is 54.9. The van der Waals surface area contributed by atoms with Gasteiger partial charge in [0.1, 0.15) is 17.1 Å². The Bertz CT molecular complexity index is 1460. The van der Waals surface area contributed by atoms with Crippen molar-refractivity contribution in [1.82, 2.24) is 9.80 Å². The van der Waals surface area contributed by atoms with Gasteiger partial charge in [-0.25, -0.2) is 0 Å². The van der Waals surface area contributed by atoms with Crippen LogP contribution in [0.3, 0.4) is 0 Å². The number of ether oxygens (including phenoxy) is 1. The lowest BCUT2D eigenvalue weighted by atomic mass is 9.81. The van der Waals surface area contributed by atoms with Gasteiger partial charge < -0.3 is 14.1 Å². The Morgan fingerprint density at radius 2 is 1.73 bits per heavy atom. The van der Waals surface area contributed by atoms with Gasteiger partial charge in [-0.05, 0) is 61.4 Å². The van der Waals surface area contributed by atoms with Crippen LogP contribution in [-0.2, 0) is 6.54 Å². The molecule has 0 unspecified atom stereocenters. The Labute approximate surface area is 213 Å². The summed E-state index contributed by atoms with van der Waals surface area (Å²) < 4.78 is 11.7. The summed E-state index contributed by atoms with van der Waals surface area (Å²) in [6.45, 7) is 4.81. The number of rotatable bonds is 3. The fourth-order valence-electron chi connectivity index (χ4n) is 5.72. The maximum absolute atomic E-state index is 13.3. The van der Waals surface area contributed by atoms with Gasteiger partial charge in [0, 0.05) is 31.5 Å². The Balaban J connectivity index is 1.17. The van der Waals surface area contributed by atoms with Crippen molar-refractivity contribution in [3.05, 3.63) is 87.9 Å². The monoisotopic (exact) mass is 498 g/mol. The van der Waals surface area contributed by atoms with Crippen molar-refractivity contribution in [3.8, 4) is 5.75 Å². The average molecular weight is 499 g/mol. The van der Waals surface area contributed by atoms with Gasteiger partial charge in [-0.1, -0.05) is 6.07 Å². The SMILES string of the molecule is Cc1cc(C)c2c(c1)OC1(CCN(C(=O)c3ccc4c(c3)C(=O)N(Cc3ccco3)C4=O)CC1)CC2=O. The van der Waals surface area contributed by atoms with Crippen LogP contribution in [0.5, 0.6) is 5.75 Å². The highest BCUT2D eigenvalue weighted by atomic mass is 16.5. The van der Waals surface area contributed by atoms with Crippen molar-refractivity contribution in [3.63, 3.8) is 0 Å². The normalized spacial score (nSPS) is 18.2. The van der Waals surface area contributed by atoms with Gasteiger partial charge in [0.05, 0.1) is 35.9 Å². The zero-order valence-electron chi connectivity index (χ0n) is 20.7. The van der Waals surface area contributed by atoms with Crippen molar-refractivity contribution in [1.29, 1.82) is 0 Å². The first-order chi connectivity index (χ1) is 17.7. The molecule has 0 radical (unpaired) electrons. The number of furan rings is 1. The molecule has 37 heavy (non-hydrogen) atoms. The van der Waals surface area contributed by atoms with Crippen LogP contribution in [-0.4, -0.2) is 52.0 Å². The standard InChI is InChI=1S/C29H26N2O6/c1-17-12-18(2)25-23(32)15-29(37-24(25)13-17)7-9-30(10-8-29)26(33)19-5-6-21-22(14-19)28(35)31(27(21)34)16-20-4-3-11-36-20/h3-6,11-14H,7-10,15-16H2,1-2H3. The van der Waals surface area contributed by atoms with E-state index in [4.69, 9.17) is 9.15 Å². The minimum atomic E-state index is -0.617. The molecule has 0 aliphatic carbocycles. The van der Waals surface area contributed by atoms with E-state index in [0.717, 1.165) is 16.0 Å². The predicted molar refractivity (Wildman–Crippen MR) is 133 cm³/mol. The number of nitrogens with zero attached hydrogens (tertiary/aromatic N) is 2. The lowest BCUT2D eigenvalue weighted by Crippen LogP contribution is -2.52. The topological polar surface area (TPSA) is 97.1 Å². The third kappa shape index (κ3) is 3.84. The van der Waals surface area contributed by atoms with Crippen molar-refractivity contribution < 1.29 is 28.3 Å². The molecule has 3 amide bonds. The van der Waals surface area contributed by atoms with Gasteiger partial charge in [0.25, 0.3) is 17.7 Å². The molecule has 8 heteroatoms. The predicted octanol–water partition coefficient (Wildman–Crippen LogP) is 4.33. The number of hydrogen-bond acceptors (Lipinski definition) is 6. The Hall–Kier alpha value is -4.20. The molecule has 0 atom stereocenters. The molecule has 188 valence electrons. The first-order valence-corrected chi connectivity index (χ1v) is 12.4. The molecule has 3 aromatic rings. The number of Topliss-reactive ketones (excluding diaryl/α,β-unsaturated/α-hetero) is 1. The number of imide groups is 1. The van der Waals surface area contributed by atoms with E-state index < -0.39 is 17.4 Å². The van der Waals surface area contributed by atoms with Gasteiger partial charge >= 0.3 is 0 Å². The summed E-state index contributed by atoms with van der Waals surface area (Å²) in [6.07, 6.45) is 2.86. The molecule has 6 rings (SSSR count). The molecule has 1 spiro atoms. The number of benzene rings is 2. The highest BCUT2D eigenvalue weighted by molar-refractivity contribution is 6.22. The number of fused-ring (bicyclic) bond motifs is 2. The van der Waals surface area contributed by atoms with Gasteiger partial charge in [-0.15, -0.1) is 0 Å². The second-order valence-electron chi connectivity index (χ2n) is 10.2. The largest absolute Gasteiger partial charge is 0.486 e. The molecule has 4 heterocycles. The number of hydrogen-bond donors (Lipinski definition) is 0. The van der Waals surface area contributed by atoms with Crippen LogP contribution in [0.15, 0.2) is 53.1 Å². The number of piperidine rings is 1. The molecule has 2 aromatic carbocycles. The number of amides is 3. The van der Waals surface area contributed by atoms with E-state index in [1.807, 2.05) is 26.0 Å². The van der Waals surface area contributed by atoms with E-state index in [2.05, 4.69) is 0 Å². The second-order valence-corrected chi connectivity index (χ2v) is 10.2. The maximum atomic E-state index is 13.3. The number of likely N-dealkylation sites (tertiary alicyclic amines) is 1. The van der Waals surface area contributed by atoms with Crippen molar-refractivity contribution in [2.75, 3.05) is 13.1 Å². The number of aryl methyl sites for hydroxylation is 2. The van der Waals surface area contributed by atoms with E-state index in [-0.39, 0.29) is 29.4 Å². The molecule has 0 N–H and O–H groups in total. The molecular formula is C29H26N2O6. The van der Waals surface area contributed by atoms with Gasteiger partial charge in [-0.2, -0.15) is 0 Å². The smallest absolute Gasteiger partial charge is 0.261 e. The van der Waals surface area contributed by atoms with E-state index in [9.17, 15) is 19.2 Å². The fraction of sp³-hybridized carbons (Fsp3) is 0.310. The lowest BCUT2D eigenvalue weighted by Gasteiger charge is -2.44. The van der Waals surface area contributed by atoms with E-state index in [1.165, 1.54) is 12.3 Å². The zero-order chi connectivity index (χ0) is 25.9. The molecule has 0 bridgehead atoms. The van der Waals surface area contributed by atoms with Gasteiger partial charge in [0.15, 0.2) is 5.78 Å². The van der Waals surface area contributed by atoms with Crippen LogP contribution in [0, 0.1) is 13.8 Å². The van der Waals surface area contributed by atoms with Crippen LogP contribution < -0.4 is 4.74 Å². The zero-order valence-corrected chi connectivity index (χ0v) is 20.7. The third-order valence-electron chi connectivity index (χ3n) is 7.61. The van der Waals surface area contributed by atoms with Gasteiger partial charge in [0.2, 0.25) is 0 Å². The quantitative estimate of drug-likeness (QED) is 0.499. The summed E-state index contributed by atoms with van der Waals surface area (Å²) in [5.74, 6) is 0.164. The first-order valence-electron chi connectivity index (χ1n) is 12.4. The highest BCUT2D eigenvalue weighted by Gasteiger charge is 2.44. The highest BCUT2D eigenvalue weighted by Crippen LogP contribution is 2.41. The molecule has 3 aliphatic heterocycles. The van der Waals surface area contributed by atoms with Crippen molar-refractivity contribution >= 4 is 23.5 Å². The van der Waals surface area contributed by atoms with Gasteiger partial charge in [-0.3, -0.25) is 24.1 Å². The van der Waals surface area contributed by atoms with Crippen LogP contribution >= 0.6 is 0 Å². The van der Waals surface area contributed by atoms with Crippen molar-refractivity contribution in [2.45, 2.75) is 45.3 Å². The van der Waals surface area contributed by atoms with Crippen LogP contribution in [0.2, 0.25) is 0 Å². The maximum Gasteiger partial charge on any atom is 0.261 e. The molecule has 1 saturated heterocycles. The van der Waals surface area contributed by atoms with Crippen molar-refractivity contribution in [2.24, 2.45) is 0 Å². The molecule has 3 aliphatic rings. The average Bonchev–Trinajstić information content (AvgIpc) is 3.46. The van der Waals surface area contributed by atoms with Crippen LogP contribution in [0.25, 0.3) is 0 Å². The molecule has 8 nitrogen and oxygen atoms in total. The minimum absolute atomic E-state index is 0.0394. The summed E-state index contributed by atoms with van der Waals surface area (Å²) in [5, 5.41) is 0. The van der Waals surface area contributed by atoms with Crippen LogP contribution in [0.4, 0.5) is 0 Å². The molecule has 1 fully saturated rings.